The summed E-state index contributed by atoms with van der Waals surface area (Å²) in [6, 6.07) is 4.07. The first kappa shape index (κ1) is 13.6. The summed E-state index contributed by atoms with van der Waals surface area (Å²) in [6.45, 7) is 1.50. The molecule has 1 aromatic carbocycles. The van der Waals surface area contributed by atoms with E-state index >= 15 is 0 Å². The summed E-state index contributed by atoms with van der Waals surface area (Å²) >= 11 is 2.97. The van der Waals surface area contributed by atoms with E-state index in [4.69, 9.17) is 5.11 Å². The van der Waals surface area contributed by atoms with Crippen molar-refractivity contribution in [3.05, 3.63) is 34.1 Å². The van der Waals surface area contributed by atoms with Gasteiger partial charge in [-0.15, -0.1) is 0 Å². The molecule has 0 aromatic heterocycles. The van der Waals surface area contributed by atoms with E-state index in [1.807, 2.05) is 0 Å². The topological polar surface area (TPSA) is 57.6 Å². The molecule has 0 atom stereocenters. The van der Waals surface area contributed by atoms with Gasteiger partial charge in [-0.25, -0.2) is 4.39 Å². The van der Waals surface area contributed by atoms with Crippen molar-refractivity contribution in [2.75, 3.05) is 13.1 Å². The number of hydrogen-bond acceptors (Lipinski definition) is 2. The number of aliphatic carboxylic acids is 1. The molecule has 0 aliphatic heterocycles. The number of rotatable bonds is 4. The number of hydrogen-bond donors (Lipinski definition) is 1. The molecule has 0 radical (unpaired) electrons. The number of carboxylic acid groups (broad SMARTS) is 1. The summed E-state index contributed by atoms with van der Waals surface area (Å²) in [7, 11) is 0. The van der Waals surface area contributed by atoms with E-state index in [1.54, 1.807) is 6.92 Å². The van der Waals surface area contributed by atoms with Crippen LogP contribution in [0.2, 0.25) is 0 Å². The van der Waals surface area contributed by atoms with Crippen LogP contribution in [0.1, 0.15) is 17.3 Å². The van der Waals surface area contributed by atoms with Crippen molar-refractivity contribution >= 4 is 27.8 Å². The second kappa shape index (κ2) is 5.77. The SMILES string of the molecule is CCN(CC(=O)O)C(=O)c1cccc(F)c1Br. The van der Waals surface area contributed by atoms with Gasteiger partial charge in [-0.3, -0.25) is 9.59 Å². The number of carboxylic acids is 1. The molecule has 0 saturated carbocycles. The molecule has 92 valence electrons. The molecule has 1 amide bonds. The number of likely N-dealkylation sites (N-methyl/N-ethyl adjacent to an activating group) is 1. The Balaban J connectivity index is 3.02. The lowest BCUT2D eigenvalue weighted by Gasteiger charge is -2.19. The van der Waals surface area contributed by atoms with Gasteiger partial charge in [0.2, 0.25) is 0 Å². The van der Waals surface area contributed by atoms with Gasteiger partial charge in [-0.1, -0.05) is 6.07 Å². The number of carbonyl (C=O) groups is 2. The summed E-state index contributed by atoms with van der Waals surface area (Å²) in [5, 5.41) is 8.66. The fraction of sp³-hybridized carbons (Fsp3) is 0.273. The molecular formula is C11H11BrFNO3. The first-order chi connectivity index (χ1) is 7.97. The molecule has 1 N–H and O–H groups in total. The lowest BCUT2D eigenvalue weighted by Crippen LogP contribution is -2.35. The molecule has 17 heavy (non-hydrogen) atoms. The molecule has 0 fully saturated rings. The second-order valence-corrected chi connectivity index (χ2v) is 4.11. The molecular weight excluding hydrogens is 293 g/mol. The van der Waals surface area contributed by atoms with Crippen LogP contribution in [0.25, 0.3) is 0 Å². The number of halogens is 2. The standard InChI is InChI=1S/C11H11BrFNO3/c1-2-14(6-9(15)16)11(17)7-4-3-5-8(13)10(7)12/h3-5H,2,6H2,1H3,(H,15,16). The predicted molar refractivity (Wildman–Crippen MR) is 63.3 cm³/mol. The predicted octanol–water partition coefficient (Wildman–Crippen LogP) is 2.13. The van der Waals surface area contributed by atoms with E-state index in [0.29, 0.717) is 0 Å². The average molecular weight is 304 g/mol. The smallest absolute Gasteiger partial charge is 0.323 e. The zero-order chi connectivity index (χ0) is 13.0. The second-order valence-electron chi connectivity index (χ2n) is 3.31. The Hall–Kier alpha value is -1.43. The first-order valence-electron chi connectivity index (χ1n) is 4.92. The minimum absolute atomic E-state index is 0.0499. The van der Waals surface area contributed by atoms with Gasteiger partial charge >= 0.3 is 5.97 Å². The summed E-state index contributed by atoms with van der Waals surface area (Å²) in [5.41, 5.74) is 0.119. The van der Waals surface area contributed by atoms with E-state index in [2.05, 4.69) is 15.9 Å². The number of carbonyl (C=O) groups excluding carboxylic acids is 1. The van der Waals surface area contributed by atoms with Crippen LogP contribution >= 0.6 is 15.9 Å². The van der Waals surface area contributed by atoms with Gasteiger partial charge in [0.05, 0.1) is 10.0 Å². The van der Waals surface area contributed by atoms with E-state index in [1.165, 1.54) is 18.2 Å². The molecule has 4 nitrogen and oxygen atoms in total. The Bertz CT molecular complexity index is 450. The van der Waals surface area contributed by atoms with E-state index in [9.17, 15) is 14.0 Å². The molecule has 0 unspecified atom stereocenters. The van der Waals surface area contributed by atoms with Crippen LogP contribution < -0.4 is 0 Å². The van der Waals surface area contributed by atoms with Crippen LogP contribution in [0.15, 0.2) is 22.7 Å². The van der Waals surface area contributed by atoms with Crippen LogP contribution in [0, 0.1) is 5.82 Å². The maximum atomic E-state index is 13.2. The Morgan fingerprint density at radius 1 is 1.47 bits per heavy atom. The van der Waals surface area contributed by atoms with Crippen molar-refractivity contribution in [1.82, 2.24) is 4.90 Å². The maximum absolute atomic E-state index is 13.2. The molecule has 0 bridgehead atoms. The molecule has 0 aliphatic rings. The molecule has 0 spiro atoms. The molecule has 0 saturated heterocycles. The van der Waals surface area contributed by atoms with Crippen LogP contribution in [0.5, 0.6) is 0 Å². The number of amides is 1. The Kier molecular flexibility index (Phi) is 4.62. The normalized spacial score (nSPS) is 10.1. The Morgan fingerprint density at radius 3 is 2.65 bits per heavy atom. The lowest BCUT2D eigenvalue weighted by atomic mass is 10.2. The van der Waals surface area contributed by atoms with Gasteiger partial charge in [0.25, 0.3) is 5.91 Å². The van der Waals surface area contributed by atoms with Gasteiger partial charge < -0.3 is 10.0 Å². The zero-order valence-corrected chi connectivity index (χ0v) is 10.7. The van der Waals surface area contributed by atoms with Crippen molar-refractivity contribution in [2.24, 2.45) is 0 Å². The van der Waals surface area contributed by atoms with Crippen molar-refractivity contribution < 1.29 is 19.1 Å². The molecule has 6 heteroatoms. The van der Waals surface area contributed by atoms with Crippen molar-refractivity contribution in [3.8, 4) is 0 Å². The zero-order valence-electron chi connectivity index (χ0n) is 9.11. The van der Waals surface area contributed by atoms with E-state index in [0.717, 1.165) is 4.90 Å². The third-order valence-electron chi connectivity index (χ3n) is 2.18. The fourth-order valence-corrected chi connectivity index (χ4v) is 1.76. The largest absolute Gasteiger partial charge is 0.480 e. The number of benzene rings is 1. The van der Waals surface area contributed by atoms with Crippen molar-refractivity contribution in [2.45, 2.75) is 6.92 Å². The van der Waals surface area contributed by atoms with Gasteiger partial charge in [0.1, 0.15) is 12.4 Å². The highest BCUT2D eigenvalue weighted by Crippen LogP contribution is 2.21. The summed E-state index contributed by atoms with van der Waals surface area (Å²) in [6.07, 6.45) is 0. The van der Waals surface area contributed by atoms with Gasteiger partial charge in [-0.2, -0.15) is 0 Å². The molecule has 1 aromatic rings. The van der Waals surface area contributed by atoms with Crippen molar-refractivity contribution in [1.29, 1.82) is 0 Å². The lowest BCUT2D eigenvalue weighted by molar-refractivity contribution is -0.137. The maximum Gasteiger partial charge on any atom is 0.323 e. The monoisotopic (exact) mass is 303 g/mol. The average Bonchev–Trinajstić information content (AvgIpc) is 2.28. The van der Waals surface area contributed by atoms with Crippen molar-refractivity contribution in [3.63, 3.8) is 0 Å². The molecule has 0 aliphatic carbocycles. The van der Waals surface area contributed by atoms with E-state index < -0.39 is 24.2 Å². The van der Waals surface area contributed by atoms with E-state index in [-0.39, 0.29) is 16.6 Å². The van der Waals surface area contributed by atoms with Crippen LogP contribution in [0.4, 0.5) is 4.39 Å². The number of nitrogens with zero attached hydrogens (tertiary/aromatic N) is 1. The highest BCUT2D eigenvalue weighted by molar-refractivity contribution is 9.10. The minimum atomic E-state index is -1.10. The van der Waals surface area contributed by atoms with Gasteiger partial charge in [0, 0.05) is 6.54 Å². The van der Waals surface area contributed by atoms with Crippen LogP contribution in [-0.4, -0.2) is 35.0 Å². The Morgan fingerprint density at radius 2 is 2.12 bits per heavy atom. The fourth-order valence-electron chi connectivity index (χ4n) is 1.33. The third-order valence-corrected chi connectivity index (χ3v) is 2.98. The summed E-state index contributed by atoms with van der Waals surface area (Å²) < 4.78 is 13.3. The van der Waals surface area contributed by atoms with Crippen LogP contribution in [0.3, 0.4) is 0 Å². The summed E-state index contributed by atoms with van der Waals surface area (Å²) in [5.74, 6) is -2.17. The molecule has 0 heterocycles. The third kappa shape index (κ3) is 3.26. The quantitative estimate of drug-likeness (QED) is 0.927. The summed E-state index contributed by atoms with van der Waals surface area (Å²) in [4.78, 5) is 23.7. The van der Waals surface area contributed by atoms with Crippen LogP contribution in [-0.2, 0) is 4.79 Å². The Labute approximate surface area is 106 Å². The first-order valence-corrected chi connectivity index (χ1v) is 5.71. The highest BCUT2D eigenvalue weighted by Gasteiger charge is 2.20. The van der Waals surface area contributed by atoms with Gasteiger partial charge in [0.15, 0.2) is 0 Å². The molecule has 1 rings (SSSR count). The van der Waals surface area contributed by atoms with Gasteiger partial charge in [-0.05, 0) is 35.0 Å². The highest BCUT2D eigenvalue weighted by atomic mass is 79.9. The minimum Gasteiger partial charge on any atom is -0.480 e.